The molecular weight excluding hydrogens is 246 g/mol. The summed E-state index contributed by atoms with van der Waals surface area (Å²) >= 11 is 0. The normalized spacial score (nSPS) is 15.1. The fourth-order valence-electron chi connectivity index (χ4n) is 2.41. The summed E-state index contributed by atoms with van der Waals surface area (Å²) in [6.07, 6.45) is 7.12. The van der Waals surface area contributed by atoms with Gasteiger partial charge in [-0.15, -0.1) is 0 Å². The van der Waals surface area contributed by atoms with Crippen molar-refractivity contribution in [3.8, 4) is 0 Å². The molecule has 0 amide bonds. The average Bonchev–Trinajstić information content (AvgIpc) is 3.26. The van der Waals surface area contributed by atoms with Crippen molar-refractivity contribution in [2.75, 3.05) is 18.4 Å². The minimum Gasteiger partial charge on any atom is -0.370 e. The Kier molecular flexibility index (Phi) is 5.84. The lowest BCUT2D eigenvalue weighted by atomic mass is 10.1. The molecular formula is C17H29N3. The van der Waals surface area contributed by atoms with Gasteiger partial charge >= 0.3 is 0 Å². The van der Waals surface area contributed by atoms with E-state index in [2.05, 4.69) is 48.1 Å². The molecule has 1 aromatic rings. The van der Waals surface area contributed by atoms with E-state index < -0.39 is 0 Å². The third-order valence-corrected chi connectivity index (χ3v) is 3.82. The lowest BCUT2D eigenvalue weighted by Gasteiger charge is -2.23. The maximum atomic E-state index is 4.39. The molecule has 1 aliphatic rings. The highest BCUT2D eigenvalue weighted by Gasteiger charge is 2.28. The Labute approximate surface area is 123 Å². The largest absolute Gasteiger partial charge is 0.370 e. The molecule has 20 heavy (non-hydrogen) atoms. The van der Waals surface area contributed by atoms with Gasteiger partial charge in [0.1, 0.15) is 5.82 Å². The number of pyridine rings is 1. The van der Waals surface area contributed by atoms with Crippen molar-refractivity contribution in [3.05, 3.63) is 23.9 Å². The van der Waals surface area contributed by atoms with Crippen LogP contribution in [0.2, 0.25) is 0 Å². The predicted octanol–water partition coefficient (Wildman–Crippen LogP) is 3.91. The van der Waals surface area contributed by atoms with Crippen molar-refractivity contribution in [3.63, 3.8) is 0 Å². The second kappa shape index (κ2) is 7.63. The van der Waals surface area contributed by atoms with Crippen molar-refractivity contribution in [1.82, 2.24) is 9.88 Å². The summed E-state index contributed by atoms with van der Waals surface area (Å²) in [5.41, 5.74) is 1.38. The molecule has 2 rings (SSSR count). The van der Waals surface area contributed by atoms with Gasteiger partial charge in [0.2, 0.25) is 0 Å². The minimum absolute atomic E-state index is 0.787. The van der Waals surface area contributed by atoms with Crippen LogP contribution in [0.15, 0.2) is 18.3 Å². The maximum absolute atomic E-state index is 4.39. The van der Waals surface area contributed by atoms with E-state index in [1.807, 2.05) is 6.20 Å². The molecule has 3 heteroatoms. The van der Waals surface area contributed by atoms with E-state index in [4.69, 9.17) is 0 Å². The molecule has 1 aliphatic carbocycles. The number of anilines is 1. The van der Waals surface area contributed by atoms with Crippen LogP contribution in [0.1, 0.15) is 52.0 Å². The number of nitrogens with one attached hydrogen (secondary N) is 1. The number of hydrogen-bond donors (Lipinski definition) is 1. The summed E-state index contributed by atoms with van der Waals surface area (Å²) in [6.45, 7) is 10.1. The van der Waals surface area contributed by atoms with E-state index in [1.165, 1.54) is 31.4 Å². The van der Waals surface area contributed by atoms with Crippen molar-refractivity contribution < 1.29 is 0 Å². The minimum atomic E-state index is 0.787. The molecule has 0 radical (unpaired) electrons. The lowest BCUT2D eigenvalue weighted by Crippen LogP contribution is -2.27. The molecule has 1 saturated carbocycles. The first-order chi connectivity index (χ1) is 9.69. The molecule has 112 valence electrons. The maximum Gasteiger partial charge on any atom is 0.126 e. The SMILES string of the molecule is CCCNc1cc(CN(CCC(C)C)C2CC2)ccn1. The summed E-state index contributed by atoms with van der Waals surface area (Å²) in [7, 11) is 0. The summed E-state index contributed by atoms with van der Waals surface area (Å²) in [4.78, 5) is 7.04. The Hall–Kier alpha value is -1.09. The van der Waals surface area contributed by atoms with E-state index in [1.54, 1.807) is 0 Å². The molecule has 0 aromatic carbocycles. The van der Waals surface area contributed by atoms with Crippen molar-refractivity contribution in [1.29, 1.82) is 0 Å². The zero-order valence-electron chi connectivity index (χ0n) is 13.2. The molecule has 1 N–H and O–H groups in total. The standard InChI is InChI=1S/C17H29N3/c1-4-9-18-17-12-15(7-10-19-17)13-20(16-5-6-16)11-8-14(2)3/h7,10,12,14,16H,4-6,8-9,11,13H2,1-3H3,(H,18,19). The van der Waals surface area contributed by atoms with Gasteiger partial charge in [0.15, 0.2) is 0 Å². The fourth-order valence-corrected chi connectivity index (χ4v) is 2.41. The van der Waals surface area contributed by atoms with Crippen molar-refractivity contribution in [2.45, 2.75) is 59.0 Å². The lowest BCUT2D eigenvalue weighted by molar-refractivity contribution is 0.239. The molecule has 1 fully saturated rings. The number of rotatable bonds is 9. The van der Waals surface area contributed by atoms with Crippen LogP contribution in [-0.2, 0) is 6.54 Å². The van der Waals surface area contributed by atoms with Gasteiger partial charge in [-0.3, -0.25) is 4.90 Å². The second-order valence-electron chi connectivity index (χ2n) is 6.36. The van der Waals surface area contributed by atoms with Crippen LogP contribution in [-0.4, -0.2) is 29.0 Å². The zero-order chi connectivity index (χ0) is 14.4. The van der Waals surface area contributed by atoms with Gasteiger partial charge in [0.05, 0.1) is 0 Å². The van der Waals surface area contributed by atoms with Crippen molar-refractivity contribution in [2.24, 2.45) is 5.92 Å². The zero-order valence-corrected chi connectivity index (χ0v) is 13.2. The van der Waals surface area contributed by atoms with Crippen LogP contribution in [0.4, 0.5) is 5.82 Å². The Bertz CT molecular complexity index is 399. The average molecular weight is 275 g/mol. The van der Waals surface area contributed by atoms with E-state index in [-0.39, 0.29) is 0 Å². The van der Waals surface area contributed by atoms with Crippen LogP contribution >= 0.6 is 0 Å². The smallest absolute Gasteiger partial charge is 0.126 e. The highest BCUT2D eigenvalue weighted by molar-refractivity contribution is 5.37. The summed E-state index contributed by atoms with van der Waals surface area (Å²) < 4.78 is 0. The van der Waals surface area contributed by atoms with Gasteiger partial charge in [-0.25, -0.2) is 4.98 Å². The molecule has 0 saturated heterocycles. The second-order valence-corrected chi connectivity index (χ2v) is 6.36. The number of nitrogens with zero attached hydrogens (tertiary/aromatic N) is 2. The van der Waals surface area contributed by atoms with Crippen LogP contribution in [0, 0.1) is 5.92 Å². The highest BCUT2D eigenvalue weighted by Crippen LogP contribution is 2.29. The van der Waals surface area contributed by atoms with Crippen LogP contribution in [0.5, 0.6) is 0 Å². The van der Waals surface area contributed by atoms with Gasteiger partial charge in [0.25, 0.3) is 0 Å². The Morgan fingerprint density at radius 1 is 1.40 bits per heavy atom. The summed E-state index contributed by atoms with van der Waals surface area (Å²) in [5, 5.41) is 3.37. The van der Waals surface area contributed by atoms with Crippen LogP contribution in [0.25, 0.3) is 0 Å². The third kappa shape index (κ3) is 5.12. The molecule has 3 nitrogen and oxygen atoms in total. The fraction of sp³-hybridized carbons (Fsp3) is 0.706. The molecule has 1 aromatic heterocycles. The van der Waals surface area contributed by atoms with E-state index in [0.717, 1.165) is 37.3 Å². The first kappa shape index (κ1) is 15.3. The number of aromatic nitrogens is 1. The van der Waals surface area contributed by atoms with Gasteiger partial charge in [-0.2, -0.15) is 0 Å². The van der Waals surface area contributed by atoms with Crippen LogP contribution < -0.4 is 5.32 Å². The Balaban J connectivity index is 1.91. The first-order valence-electron chi connectivity index (χ1n) is 8.12. The van der Waals surface area contributed by atoms with E-state index >= 15 is 0 Å². The topological polar surface area (TPSA) is 28.2 Å². The molecule has 0 spiro atoms. The molecule has 0 atom stereocenters. The molecule has 0 unspecified atom stereocenters. The first-order valence-corrected chi connectivity index (χ1v) is 8.12. The van der Waals surface area contributed by atoms with Gasteiger partial charge in [0, 0.05) is 25.3 Å². The molecule has 0 aliphatic heterocycles. The Morgan fingerprint density at radius 3 is 2.85 bits per heavy atom. The Morgan fingerprint density at radius 2 is 2.20 bits per heavy atom. The van der Waals surface area contributed by atoms with Gasteiger partial charge < -0.3 is 5.32 Å². The quantitative estimate of drug-likeness (QED) is 0.740. The van der Waals surface area contributed by atoms with E-state index in [9.17, 15) is 0 Å². The summed E-state index contributed by atoms with van der Waals surface area (Å²) in [5.74, 6) is 1.81. The molecule has 0 bridgehead atoms. The van der Waals surface area contributed by atoms with Gasteiger partial charge in [-0.05, 0) is 55.8 Å². The third-order valence-electron chi connectivity index (χ3n) is 3.82. The molecule has 1 heterocycles. The number of hydrogen-bond acceptors (Lipinski definition) is 3. The van der Waals surface area contributed by atoms with E-state index in [0.29, 0.717) is 0 Å². The highest BCUT2D eigenvalue weighted by atomic mass is 15.2. The summed E-state index contributed by atoms with van der Waals surface area (Å²) in [6, 6.07) is 5.19. The van der Waals surface area contributed by atoms with Gasteiger partial charge in [-0.1, -0.05) is 20.8 Å². The van der Waals surface area contributed by atoms with Crippen molar-refractivity contribution >= 4 is 5.82 Å². The van der Waals surface area contributed by atoms with Crippen LogP contribution in [0.3, 0.4) is 0 Å². The monoisotopic (exact) mass is 275 g/mol. The predicted molar refractivity (Wildman–Crippen MR) is 85.9 cm³/mol.